The molecule has 3 rings (SSSR count). The Kier molecular flexibility index (Phi) is 4.88. The maximum Gasteiger partial charge on any atom is 0.252 e. The quantitative estimate of drug-likeness (QED) is 0.778. The Bertz CT molecular complexity index is 873. The molecule has 3 aromatic rings. The fraction of sp³-hybridized carbons (Fsp3) is 0.263. The number of nitrogens with one attached hydrogen (secondary N) is 1. The lowest BCUT2D eigenvalue weighted by Crippen LogP contribution is -2.36. The molecule has 6 heteroatoms. The first-order chi connectivity index (χ1) is 12.0. The van der Waals surface area contributed by atoms with E-state index in [-0.39, 0.29) is 11.9 Å². The van der Waals surface area contributed by atoms with E-state index in [1.165, 1.54) is 6.33 Å². The van der Waals surface area contributed by atoms with Crippen LogP contribution in [0.2, 0.25) is 0 Å². The average Bonchev–Trinajstić information content (AvgIpc) is 2.92. The highest BCUT2D eigenvalue weighted by atomic mass is 16.1. The van der Waals surface area contributed by atoms with E-state index < -0.39 is 0 Å². The van der Waals surface area contributed by atoms with Crippen molar-refractivity contribution in [1.82, 2.24) is 25.1 Å². The molecular formula is C19H21N5O. The molecule has 1 amide bonds. The van der Waals surface area contributed by atoms with Crippen molar-refractivity contribution in [3.63, 3.8) is 0 Å². The molecule has 2 heterocycles. The van der Waals surface area contributed by atoms with E-state index in [2.05, 4.69) is 20.4 Å². The number of benzene rings is 1. The van der Waals surface area contributed by atoms with E-state index in [9.17, 15) is 4.79 Å². The van der Waals surface area contributed by atoms with Gasteiger partial charge in [-0.1, -0.05) is 18.2 Å². The molecule has 0 aliphatic heterocycles. The fourth-order valence-corrected chi connectivity index (χ4v) is 2.84. The first kappa shape index (κ1) is 16.8. The Hall–Kier alpha value is -3.02. The van der Waals surface area contributed by atoms with Gasteiger partial charge < -0.3 is 5.32 Å². The molecule has 1 atom stereocenters. The molecule has 0 aliphatic carbocycles. The summed E-state index contributed by atoms with van der Waals surface area (Å²) in [5.74, 6) is -0.117. The van der Waals surface area contributed by atoms with Crippen molar-refractivity contribution >= 4 is 5.91 Å². The Morgan fingerprint density at radius 3 is 2.60 bits per heavy atom. The number of carbonyl (C=O) groups is 1. The highest BCUT2D eigenvalue weighted by Crippen LogP contribution is 2.22. The van der Waals surface area contributed by atoms with Crippen LogP contribution in [0.3, 0.4) is 0 Å². The predicted octanol–water partition coefficient (Wildman–Crippen LogP) is 2.78. The van der Waals surface area contributed by atoms with Crippen molar-refractivity contribution in [3.05, 3.63) is 66.0 Å². The van der Waals surface area contributed by atoms with Crippen LogP contribution in [0.25, 0.3) is 11.1 Å². The number of amides is 1. The first-order valence-corrected chi connectivity index (χ1v) is 8.21. The summed E-state index contributed by atoms with van der Waals surface area (Å²) in [4.78, 5) is 20.8. The third-order valence-corrected chi connectivity index (χ3v) is 3.97. The standard InChI is InChI=1S/C19H21N5O/c1-13-8-15(3)24(23-13)11-14(2)22-19(25)18-7-5-4-6-17(18)16-9-20-12-21-10-16/h4-10,12,14H,11H2,1-3H3,(H,22,25)/t14-/m1/s1. The zero-order valence-corrected chi connectivity index (χ0v) is 14.6. The third kappa shape index (κ3) is 3.91. The van der Waals surface area contributed by atoms with Gasteiger partial charge in [0.25, 0.3) is 5.91 Å². The number of hydrogen-bond donors (Lipinski definition) is 1. The largest absolute Gasteiger partial charge is 0.348 e. The molecule has 25 heavy (non-hydrogen) atoms. The van der Waals surface area contributed by atoms with Gasteiger partial charge in [-0.05, 0) is 38.5 Å². The number of nitrogens with zero attached hydrogens (tertiary/aromatic N) is 4. The minimum Gasteiger partial charge on any atom is -0.348 e. The maximum atomic E-state index is 12.7. The Balaban J connectivity index is 1.76. The lowest BCUT2D eigenvalue weighted by molar-refractivity contribution is 0.0936. The number of aromatic nitrogens is 4. The van der Waals surface area contributed by atoms with Crippen molar-refractivity contribution in [2.75, 3.05) is 0 Å². The van der Waals surface area contributed by atoms with Gasteiger partial charge in [0, 0.05) is 35.3 Å². The molecule has 0 fully saturated rings. The van der Waals surface area contributed by atoms with E-state index in [1.807, 2.05) is 55.8 Å². The summed E-state index contributed by atoms with van der Waals surface area (Å²) >= 11 is 0. The van der Waals surface area contributed by atoms with E-state index in [0.717, 1.165) is 22.5 Å². The van der Waals surface area contributed by atoms with Crippen LogP contribution in [0.15, 0.2) is 49.1 Å². The van der Waals surface area contributed by atoms with E-state index >= 15 is 0 Å². The minimum atomic E-state index is -0.117. The molecular weight excluding hydrogens is 314 g/mol. The Morgan fingerprint density at radius 2 is 1.92 bits per heavy atom. The van der Waals surface area contributed by atoms with Gasteiger partial charge in [-0.2, -0.15) is 5.10 Å². The third-order valence-electron chi connectivity index (χ3n) is 3.97. The molecule has 1 aromatic carbocycles. The molecule has 6 nitrogen and oxygen atoms in total. The van der Waals surface area contributed by atoms with Crippen molar-refractivity contribution in [2.24, 2.45) is 0 Å². The van der Waals surface area contributed by atoms with Crippen LogP contribution in [0.4, 0.5) is 0 Å². The molecule has 0 bridgehead atoms. The van der Waals surface area contributed by atoms with Crippen molar-refractivity contribution in [2.45, 2.75) is 33.4 Å². The normalized spacial score (nSPS) is 12.0. The molecule has 128 valence electrons. The SMILES string of the molecule is Cc1cc(C)n(C[C@@H](C)NC(=O)c2ccccc2-c2cncnc2)n1. The molecule has 1 N–H and O–H groups in total. The minimum absolute atomic E-state index is 0.0504. The van der Waals surface area contributed by atoms with Gasteiger partial charge >= 0.3 is 0 Å². The molecule has 0 radical (unpaired) electrons. The van der Waals surface area contributed by atoms with Crippen LogP contribution in [-0.2, 0) is 6.54 Å². The summed E-state index contributed by atoms with van der Waals surface area (Å²) in [5, 5.41) is 7.49. The number of carbonyl (C=O) groups excluding carboxylic acids is 1. The smallest absolute Gasteiger partial charge is 0.252 e. The summed E-state index contributed by atoms with van der Waals surface area (Å²) in [7, 11) is 0. The molecule has 0 saturated heterocycles. The van der Waals surface area contributed by atoms with E-state index in [4.69, 9.17) is 0 Å². The topological polar surface area (TPSA) is 72.7 Å². The van der Waals surface area contributed by atoms with Gasteiger partial charge in [0.05, 0.1) is 12.2 Å². The molecule has 0 saturated carbocycles. The van der Waals surface area contributed by atoms with Gasteiger partial charge in [0.2, 0.25) is 0 Å². The number of hydrogen-bond acceptors (Lipinski definition) is 4. The molecule has 2 aromatic heterocycles. The summed E-state index contributed by atoms with van der Waals surface area (Å²) in [6, 6.07) is 9.45. The van der Waals surface area contributed by atoms with Crippen molar-refractivity contribution in [3.8, 4) is 11.1 Å². The molecule has 0 unspecified atom stereocenters. The summed E-state index contributed by atoms with van der Waals surface area (Å²) in [6.07, 6.45) is 4.89. The second-order valence-corrected chi connectivity index (χ2v) is 6.16. The zero-order chi connectivity index (χ0) is 17.8. The second-order valence-electron chi connectivity index (χ2n) is 6.16. The van der Waals surface area contributed by atoms with Crippen LogP contribution < -0.4 is 5.32 Å². The second kappa shape index (κ2) is 7.25. The van der Waals surface area contributed by atoms with E-state index in [0.29, 0.717) is 12.1 Å². The van der Waals surface area contributed by atoms with Crippen LogP contribution in [0.1, 0.15) is 28.7 Å². The fourth-order valence-electron chi connectivity index (χ4n) is 2.84. The Morgan fingerprint density at radius 1 is 1.20 bits per heavy atom. The van der Waals surface area contributed by atoms with Gasteiger partial charge in [-0.25, -0.2) is 9.97 Å². The van der Waals surface area contributed by atoms with Gasteiger partial charge in [0.15, 0.2) is 0 Å². The lowest BCUT2D eigenvalue weighted by atomic mass is 10.0. The predicted molar refractivity (Wildman–Crippen MR) is 96.1 cm³/mol. The Labute approximate surface area is 146 Å². The first-order valence-electron chi connectivity index (χ1n) is 8.21. The van der Waals surface area contributed by atoms with Crippen LogP contribution in [0, 0.1) is 13.8 Å². The summed E-state index contributed by atoms with van der Waals surface area (Å²) in [6.45, 7) is 6.58. The highest BCUT2D eigenvalue weighted by molar-refractivity contribution is 6.00. The van der Waals surface area contributed by atoms with E-state index in [1.54, 1.807) is 12.4 Å². The van der Waals surface area contributed by atoms with Crippen LogP contribution >= 0.6 is 0 Å². The monoisotopic (exact) mass is 335 g/mol. The zero-order valence-electron chi connectivity index (χ0n) is 14.6. The van der Waals surface area contributed by atoms with Crippen LogP contribution in [-0.4, -0.2) is 31.7 Å². The van der Waals surface area contributed by atoms with Gasteiger partial charge in [0.1, 0.15) is 6.33 Å². The molecule has 0 spiro atoms. The number of aryl methyl sites for hydroxylation is 2. The summed E-state index contributed by atoms with van der Waals surface area (Å²) in [5.41, 5.74) is 4.31. The highest BCUT2D eigenvalue weighted by Gasteiger charge is 2.16. The molecule has 0 aliphatic rings. The average molecular weight is 335 g/mol. The van der Waals surface area contributed by atoms with Crippen LogP contribution in [0.5, 0.6) is 0 Å². The van der Waals surface area contributed by atoms with Gasteiger partial charge in [-0.15, -0.1) is 0 Å². The van der Waals surface area contributed by atoms with Crippen molar-refractivity contribution in [1.29, 1.82) is 0 Å². The lowest BCUT2D eigenvalue weighted by Gasteiger charge is -2.16. The maximum absolute atomic E-state index is 12.7. The summed E-state index contributed by atoms with van der Waals surface area (Å²) < 4.78 is 1.91. The van der Waals surface area contributed by atoms with Gasteiger partial charge in [-0.3, -0.25) is 9.48 Å². The number of rotatable bonds is 5. The van der Waals surface area contributed by atoms with Crippen molar-refractivity contribution < 1.29 is 4.79 Å².